The van der Waals surface area contributed by atoms with Gasteiger partial charge in [-0.2, -0.15) is 5.10 Å². The molecule has 0 unspecified atom stereocenters. The molecule has 0 radical (unpaired) electrons. The molecule has 2 aromatic rings. The van der Waals surface area contributed by atoms with E-state index < -0.39 is 0 Å². The summed E-state index contributed by atoms with van der Waals surface area (Å²) in [6.07, 6.45) is 4.11. The second-order valence-corrected chi connectivity index (χ2v) is 5.37. The average Bonchev–Trinajstić information content (AvgIpc) is 2.61. The van der Waals surface area contributed by atoms with Crippen molar-refractivity contribution in [3.05, 3.63) is 47.5 Å². The van der Waals surface area contributed by atoms with Gasteiger partial charge in [0.2, 0.25) is 0 Å². The SMILES string of the molecule is Cc1nn(C)cc1NC1CC(c2cccc(F)c2)C1. The van der Waals surface area contributed by atoms with Crippen molar-refractivity contribution in [2.75, 3.05) is 5.32 Å². The van der Waals surface area contributed by atoms with Gasteiger partial charge in [0, 0.05) is 19.3 Å². The summed E-state index contributed by atoms with van der Waals surface area (Å²) in [6.45, 7) is 2.01. The lowest BCUT2D eigenvalue weighted by Crippen LogP contribution is -2.34. The Morgan fingerprint density at radius 2 is 2.16 bits per heavy atom. The highest BCUT2D eigenvalue weighted by molar-refractivity contribution is 5.47. The van der Waals surface area contributed by atoms with Crippen molar-refractivity contribution in [3.8, 4) is 0 Å². The standard InChI is InChI=1S/C15H18FN3/c1-10-15(9-19(2)18-10)17-14-7-12(8-14)11-4-3-5-13(16)6-11/h3-6,9,12,14,17H,7-8H2,1-2H3. The fraction of sp³-hybridized carbons (Fsp3) is 0.400. The Labute approximate surface area is 112 Å². The summed E-state index contributed by atoms with van der Waals surface area (Å²) in [7, 11) is 1.93. The number of hydrogen-bond acceptors (Lipinski definition) is 2. The van der Waals surface area contributed by atoms with Crippen LogP contribution in [0.25, 0.3) is 0 Å². The first-order valence-electron chi connectivity index (χ1n) is 6.64. The first-order valence-corrected chi connectivity index (χ1v) is 6.64. The van der Waals surface area contributed by atoms with Crippen molar-refractivity contribution in [2.24, 2.45) is 7.05 Å². The number of hydrogen-bond donors (Lipinski definition) is 1. The molecule has 19 heavy (non-hydrogen) atoms. The molecule has 0 saturated heterocycles. The third-order valence-corrected chi connectivity index (χ3v) is 3.83. The maximum atomic E-state index is 13.2. The highest BCUT2D eigenvalue weighted by atomic mass is 19.1. The second-order valence-electron chi connectivity index (χ2n) is 5.37. The van der Waals surface area contributed by atoms with E-state index in [1.807, 2.05) is 30.9 Å². The summed E-state index contributed by atoms with van der Waals surface area (Å²) in [6, 6.07) is 7.42. The Bertz CT molecular complexity index is 585. The van der Waals surface area contributed by atoms with Gasteiger partial charge < -0.3 is 5.32 Å². The van der Waals surface area contributed by atoms with E-state index in [0.29, 0.717) is 12.0 Å². The molecule has 1 fully saturated rings. The van der Waals surface area contributed by atoms with E-state index in [2.05, 4.69) is 10.4 Å². The Hall–Kier alpha value is -1.84. The zero-order chi connectivity index (χ0) is 13.4. The van der Waals surface area contributed by atoms with Crippen molar-refractivity contribution in [1.29, 1.82) is 0 Å². The Balaban J connectivity index is 1.60. The van der Waals surface area contributed by atoms with Gasteiger partial charge in [0.1, 0.15) is 5.82 Å². The van der Waals surface area contributed by atoms with Gasteiger partial charge in [0.05, 0.1) is 11.4 Å². The molecule has 1 saturated carbocycles. The van der Waals surface area contributed by atoms with E-state index >= 15 is 0 Å². The van der Waals surface area contributed by atoms with Gasteiger partial charge >= 0.3 is 0 Å². The largest absolute Gasteiger partial charge is 0.380 e. The number of benzene rings is 1. The maximum Gasteiger partial charge on any atom is 0.123 e. The molecule has 4 heteroatoms. The summed E-state index contributed by atoms with van der Waals surface area (Å²) < 4.78 is 15.0. The lowest BCUT2D eigenvalue weighted by molar-refractivity contribution is 0.373. The third-order valence-electron chi connectivity index (χ3n) is 3.83. The van der Waals surface area contributed by atoms with Crippen molar-refractivity contribution in [1.82, 2.24) is 9.78 Å². The molecule has 1 heterocycles. The number of aryl methyl sites for hydroxylation is 2. The van der Waals surface area contributed by atoms with Gasteiger partial charge in [0.25, 0.3) is 0 Å². The lowest BCUT2D eigenvalue weighted by atomic mass is 9.76. The Morgan fingerprint density at radius 1 is 1.37 bits per heavy atom. The van der Waals surface area contributed by atoms with Crippen LogP contribution in [0, 0.1) is 12.7 Å². The molecule has 0 amide bonds. The predicted octanol–water partition coefficient (Wildman–Crippen LogP) is 3.23. The molecule has 0 bridgehead atoms. The van der Waals surface area contributed by atoms with Crippen LogP contribution in [0.2, 0.25) is 0 Å². The molecule has 0 atom stereocenters. The van der Waals surface area contributed by atoms with Crippen LogP contribution in [0.1, 0.15) is 30.0 Å². The summed E-state index contributed by atoms with van der Waals surface area (Å²) in [5, 5.41) is 7.82. The molecular formula is C15H18FN3. The van der Waals surface area contributed by atoms with Crippen LogP contribution in [-0.4, -0.2) is 15.8 Å². The van der Waals surface area contributed by atoms with Gasteiger partial charge in [-0.25, -0.2) is 4.39 Å². The highest BCUT2D eigenvalue weighted by Gasteiger charge is 2.30. The van der Waals surface area contributed by atoms with Crippen molar-refractivity contribution >= 4 is 5.69 Å². The summed E-state index contributed by atoms with van der Waals surface area (Å²) >= 11 is 0. The fourth-order valence-electron chi connectivity index (χ4n) is 2.73. The zero-order valence-corrected chi connectivity index (χ0v) is 11.2. The van der Waals surface area contributed by atoms with Crippen LogP contribution in [-0.2, 0) is 7.05 Å². The molecule has 3 nitrogen and oxygen atoms in total. The number of rotatable bonds is 3. The van der Waals surface area contributed by atoms with Gasteiger partial charge in [-0.15, -0.1) is 0 Å². The number of nitrogens with zero attached hydrogens (tertiary/aromatic N) is 2. The zero-order valence-electron chi connectivity index (χ0n) is 11.2. The van der Waals surface area contributed by atoms with Crippen molar-refractivity contribution < 1.29 is 4.39 Å². The first kappa shape index (κ1) is 12.2. The number of halogens is 1. The van der Waals surface area contributed by atoms with Gasteiger partial charge in [-0.05, 0) is 43.4 Å². The molecular weight excluding hydrogens is 241 g/mol. The molecule has 0 spiro atoms. The molecule has 1 aromatic carbocycles. The highest BCUT2D eigenvalue weighted by Crippen LogP contribution is 2.38. The van der Waals surface area contributed by atoms with E-state index in [0.717, 1.165) is 29.8 Å². The van der Waals surface area contributed by atoms with E-state index in [1.54, 1.807) is 12.1 Å². The minimum atomic E-state index is -0.142. The average molecular weight is 259 g/mol. The van der Waals surface area contributed by atoms with E-state index in [1.165, 1.54) is 6.07 Å². The van der Waals surface area contributed by atoms with Gasteiger partial charge in [-0.3, -0.25) is 4.68 Å². The van der Waals surface area contributed by atoms with E-state index in [9.17, 15) is 4.39 Å². The Kier molecular flexibility index (Phi) is 3.01. The smallest absolute Gasteiger partial charge is 0.123 e. The third kappa shape index (κ3) is 2.48. The minimum Gasteiger partial charge on any atom is -0.380 e. The second kappa shape index (κ2) is 4.68. The Morgan fingerprint density at radius 3 is 2.79 bits per heavy atom. The van der Waals surface area contributed by atoms with Crippen LogP contribution in [0.15, 0.2) is 30.5 Å². The molecule has 1 aliphatic carbocycles. The number of anilines is 1. The van der Waals surface area contributed by atoms with Crippen LogP contribution in [0.3, 0.4) is 0 Å². The summed E-state index contributed by atoms with van der Waals surface area (Å²) in [4.78, 5) is 0. The van der Waals surface area contributed by atoms with Gasteiger partial charge in [0.15, 0.2) is 0 Å². The van der Waals surface area contributed by atoms with Crippen LogP contribution in [0.4, 0.5) is 10.1 Å². The van der Waals surface area contributed by atoms with Crippen molar-refractivity contribution in [3.63, 3.8) is 0 Å². The number of aromatic nitrogens is 2. The predicted molar refractivity (Wildman–Crippen MR) is 73.7 cm³/mol. The summed E-state index contributed by atoms with van der Waals surface area (Å²) in [5.41, 5.74) is 3.24. The topological polar surface area (TPSA) is 29.9 Å². The van der Waals surface area contributed by atoms with Crippen LogP contribution in [0.5, 0.6) is 0 Å². The molecule has 100 valence electrons. The first-order chi connectivity index (χ1) is 9.11. The van der Waals surface area contributed by atoms with Crippen LogP contribution >= 0.6 is 0 Å². The maximum absolute atomic E-state index is 13.2. The monoisotopic (exact) mass is 259 g/mol. The molecule has 0 aliphatic heterocycles. The van der Waals surface area contributed by atoms with E-state index in [-0.39, 0.29) is 5.82 Å². The molecule has 1 N–H and O–H groups in total. The van der Waals surface area contributed by atoms with Crippen LogP contribution < -0.4 is 5.32 Å². The quantitative estimate of drug-likeness (QED) is 0.917. The van der Waals surface area contributed by atoms with Crippen molar-refractivity contribution in [2.45, 2.75) is 31.7 Å². The lowest BCUT2D eigenvalue weighted by Gasteiger charge is -2.36. The fourth-order valence-corrected chi connectivity index (χ4v) is 2.73. The van der Waals surface area contributed by atoms with Gasteiger partial charge in [-0.1, -0.05) is 12.1 Å². The molecule has 3 rings (SSSR count). The molecule has 1 aliphatic rings. The number of nitrogens with one attached hydrogen (secondary N) is 1. The summed E-state index contributed by atoms with van der Waals surface area (Å²) in [5.74, 6) is 0.335. The normalized spacial score (nSPS) is 22.1. The minimum absolute atomic E-state index is 0.142. The molecule has 1 aromatic heterocycles. The van der Waals surface area contributed by atoms with E-state index in [4.69, 9.17) is 0 Å².